The second-order valence-corrected chi connectivity index (χ2v) is 4.10. The highest BCUT2D eigenvalue weighted by Crippen LogP contribution is 2.23. The van der Waals surface area contributed by atoms with Gasteiger partial charge in [-0.15, -0.1) is 0 Å². The molecule has 114 valence electrons. The number of aliphatic imine (C=N–C) groups is 2. The SMILES string of the molecule is CC1CO1.Cc1ccc(N=C=O)cc1N=C=O.NCCN. The molecule has 0 radical (unpaired) electrons. The van der Waals surface area contributed by atoms with Gasteiger partial charge in [0.25, 0.3) is 0 Å². The van der Waals surface area contributed by atoms with Gasteiger partial charge in [0.05, 0.1) is 24.1 Å². The molecule has 7 heteroatoms. The second-order valence-electron chi connectivity index (χ2n) is 4.10. The number of hydrogen-bond acceptors (Lipinski definition) is 7. The van der Waals surface area contributed by atoms with E-state index in [1.165, 1.54) is 18.2 Å². The van der Waals surface area contributed by atoms with E-state index < -0.39 is 0 Å². The van der Waals surface area contributed by atoms with Crippen molar-refractivity contribution in [3.63, 3.8) is 0 Å². The number of carbonyl (C=O) groups excluding carboxylic acids is 2. The monoisotopic (exact) mass is 292 g/mol. The molecule has 1 aliphatic rings. The fourth-order valence-corrected chi connectivity index (χ4v) is 0.986. The Hall–Kier alpha value is -2.14. The van der Waals surface area contributed by atoms with Gasteiger partial charge in [0, 0.05) is 13.1 Å². The van der Waals surface area contributed by atoms with Gasteiger partial charge in [-0.05, 0) is 31.5 Å². The number of aryl methyl sites for hydroxylation is 1. The topological polar surface area (TPSA) is 123 Å². The third-order valence-corrected chi connectivity index (χ3v) is 2.20. The maximum Gasteiger partial charge on any atom is 0.240 e. The van der Waals surface area contributed by atoms with Crippen LogP contribution >= 0.6 is 0 Å². The number of nitrogens with two attached hydrogens (primary N) is 2. The summed E-state index contributed by atoms with van der Waals surface area (Å²) in [6, 6.07) is 4.88. The highest BCUT2D eigenvalue weighted by atomic mass is 16.6. The Balaban J connectivity index is 0.000000407. The zero-order valence-electron chi connectivity index (χ0n) is 12.2. The molecule has 0 bridgehead atoms. The molecular formula is C14H20N4O3. The zero-order chi connectivity index (χ0) is 16.1. The molecule has 1 saturated heterocycles. The van der Waals surface area contributed by atoms with Gasteiger partial charge in [-0.2, -0.15) is 9.98 Å². The third kappa shape index (κ3) is 10.3. The minimum Gasteiger partial charge on any atom is -0.373 e. The Morgan fingerprint density at radius 3 is 2.14 bits per heavy atom. The number of isocyanates is 2. The summed E-state index contributed by atoms with van der Waals surface area (Å²) in [6.45, 7) is 6.03. The van der Waals surface area contributed by atoms with Gasteiger partial charge in [0.1, 0.15) is 0 Å². The Labute approximate surface area is 123 Å². The Kier molecular flexibility index (Phi) is 10.5. The van der Waals surface area contributed by atoms with Gasteiger partial charge < -0.3 is 16.2 Å². The molecule has 1 aliphatic heterocycles. The van der Waals surface area contributed by atoms with Crippen LogP contribution in [0.4, 0.5) is 11.4 Å². The van der Waals surface area contributed by atoms with Gasteiger partial charge in [-0.3, -0.25) is 0 Å². The van der Waals surface area contributed by atoms with Crippen molar-refractivity contribution >= 4 is 23.5 Å². The smallest absolute Gasteiger partial charge is 0.240 e. The first-order chi connectivity index (χ1) is 10.1. The summed E-state index contributed by atoms with van der Waals surface area (Å²) >= 11 is 0. The molecule has 0 amide bonds. The van der Waals surface area contributed by atoms with E-state index in [2.05, 4.69) is 16.9 Å². The highest BCUT2D eigenvalue weighted by Gasteiger charge is 2.13. The minimum atomic E-state index is 0.426. The molecule has 1 heterocycles. The van der Waals surface area contributed by atoms with Crippen LogP contribution in [0.15, 0.2) is 28.2 Å². The first-order valence-corrected chi connectivity index (χ1v) is 6.37. The maximum atomic E-state index is 10.00. The van der Waals surface area contributed by atoms with Gasteiger partial charge in [-0.25, -0.2) is 9.59 Å². The van der Waals surface area contributed by atoms with E-state index in [1.54, 1.807) is 19.1 Å². The Morgan fingerprint density at radius 1 is 1.24 bits per heavy atom. The van der Waals surface area contributed by atoms with Gasteiger partial charge in [0.15, 0.2) is 0 Å². The molecule has 7 nitrogen and oxygen atoms in total. The molecular weight excluding hydrogens is 272 g/mol. The van der Waals surface area contributed by atoms with Gasteiger partial charge in [0.2, 0.25) is 12.2 Å². The van der Waals surface area contributed by atoms with Crippen molar-refractivity contribution in [3.8, 4) is 0 Å². The molecule has 21 heavy (non-hydrogen) atoms. The standard InChI is InChI=1S/C9H6N2O2.C3H6O.C2H8N2/c1-7-2-3-8(10-5-12)4-9(7)11-6-13;1-3-2-4-3;3-1-2-4/h2-4H,1H3;3H,2H2,1H3;1-4H2. The zero-order valence-corrected chi connectivity index (χ0v) is 12.2. The summed E-state index contributed by atoms with van der Waals surface area (Å²) in [7, 11) is 0. The second kappa shape index (κ2) is 11.7. The van der Waals surface area contributed by atoms with Crippen LogP contribution in [0.5, 0.6) is 0 Å². The van der Waals surface area contributed by atoms with Crippen LogP contribution in [0.2, 0.25) is 0 Å². The maximum absolute atomic E-state index is 10.00. The molecule has 0 aliphatic carbocycles. The fraction of sp³-hybridized carbons (Fsp3) is 0.429. The van der Waals surface area contributed by atoms with Crippen LogP contribution in [0.25, 0.3) is 0 Å². The minimum absolute atomic E-state index is 0.426. The lowest BCUT2D eigenvalue weighted by atomic mass is 10.2. The number of benzene rings is 1. The third-order valence-electron chi connectivity index (χ3n) is 2.20. The molecule has 1 aromatic carbocycles. The predicted octanol–water partition coefficient (Wildman–Crippen LogP) is 1.24. The summed E-state index contributed by atoms with van der Waals surface area (Å²) in [5.41, 5.74) is 11.5. The molecule has 2 rings (SSSR count). The van der Waals surface area contributed by atoms with Crippen molar-refractivity contribution < 1.29 is 14.3 Å². The van der Waals surface area contributed by atoms with E-state index in [1.807, 2.05) is 0 Å². The largest absolute Gasteiger partial charge is 0.373 e. The summed E-state index contributed by atoms with van der Waals surface area (Å²) < 4.78 is 4.71. The van der Waals surface area contributed by atoms with Crippen LogP contribution < -0.4 is 11.5 Å². The molecule has 1 fully saturated rings. The lowest BCUT2D eigenvalue weighted by Gasteiger charge is -1.97. The van der Waals surface area contributed by atoms with E-state index in [4.69, 9.17) is 16.2 Å². The highest BCUT2D eigenvalue weighted by molar-refractivity contribution is 5.61. The van der Waals surface area contributed by atoms with E-state index in [0.717, 1.165) is 12.2 Å². The number of hydrogen-bond donors (Lipinski definition) is 2. The van der Waals surface area contributed by atoms with Crippen LogP contribution in [0, 0.1) is 6.92 Å². The summed E-state index contributed by atoms with van der Waals surface area (Å²) in [5, 5.41) is 0. The van der Waals surface area contributed by atoms with E-state index >= 15 is 0 Å². The average Bonchev–Trinajstić information content (AvgIpc) is 3.26. The number of epoxide rings is 1. The Bertz CT molecular complexity index is 515. The summed E-state index contributed by atoms with van der Waals surface area (Å²) in [5.74, 6) is 0. The first kappa shape index (κ1) is 18.9. The molecule has 0 saturated carbocycles. The normalized spacial score (nSPS) is 14.2. The van der Waals surface area contributed by atoms with Crippen molar-refractivity contribution in [2.45, 2.75) is 20.0 Å². The van der Waals surface area contributed by atoms with E-state index in [9.17, 15) is 9.59 Å². The average molecular weight is 292 g/mol. The van der Waals surface area contributed by atoms with E-state index in [-0.39, 0.29) is 0 Å². The molecule has 1 aromatic rings. The van der Waals surface area contributed by atoms with Gasteiger partial charge >= 0.3 is 0 Å². The lowest BCUT2D eigenvalue weighted by Crippen LogP contribution is -2.11. The number of rotatable bonds is 3. The Morgan fingerprint density at radius 2 is 1.76 bits per heavy atom. The predicted molar refractivity (Wildman–Crippen MR) is 80.3 cm³/mol. The quantitative estimate of drug-likeness (QED) is 0.492. The first-order valence-electron chi connectivity index (χ1n) is 6.37. The van der Waals surface area contributed by atoms with Crippen LogP contribution in [-0.4, -0.2) is 38.0 Å². The summed E-state index contributed by atoms with van der Waals surface area (Å²) in [6.07, 6.45) is 3.42. The van der Waals surface area contributed by atoms with Crippen molar-refractivity contribution in [2.24, 2.45) is 21.5 Å². The fourth-order valence-electron chi connectivity index (χ4n) is 0.986. The van der Waals surface area contributed by atoms with Crippen molar-refractivity contribution in [2.75, 3.05) is 19.7 Å². The molecule has 0 spiro atoms. The number of nitrogens with zero attached hydrogens (tertiary/aromatic N) is 2. The molecule has 4 N–H and O–H groups in total. The number of ether oxygens (including phenoxy) is 1. The van der Waals surface area contributed by atoms with E-state index in [0.29, 0.717) is 30.6 Å². The van der Waals surface area contributed by atoms with Crippen LogP contribution in [0.1, 0.15) is 12.5 Å². The molecule has 1 unspecified atom stereocenters. The van der Waals surface area contributed by atoms with Crippen LogP contribution in [0.3, 0.4) is 0 Å². The summed E-state index contributed by atoms with van der Waals surface area (Å²) in [4.78, 5) is 26.8. The molecule has 1 atom stereocenters. The van der Waals surface area contributed by atoms with Crippen molar-refractivity contribution in [1.82, 2.24) is 0 Å². The van der Waals surface area contributed by atoms with Crippen molar-refractivity contribution in [1.29, 1.82) is 0 Å². The lowest BCUT2D eigenvalue weighted by molar-refractivity contribution is 0.423. The van der Waals surface area contributed by atoms with Gasteiger partial charge in [-0.1, -0.05) is 6.07 Å². The van der Waals surface area contributed by atoms with Crippen LogP contribution in [-0.2, 0) is 14.3 Å². The van der Waals surface area contributed by atoms with Crippen molar-refractivity contribution in [3.05, 3.63) is 23.8 Å². The molecule has 0 aromatic heterocycles.